The number of carbonyl (C=O) groups is 1. The van der Waals surface area contributed by atoms with Gasteiger partial charge < -0.3 is 5.32 Å². The van der Waals surface area contributed by atoms with Crippen LogP contribution >= 0.6 is 0 Å². The Kier molecular flexibility index (Phi) is 3.05. The first-order chi connectivity index (χ1) is 7.29. The van der Waals surface area contributed by atoms with E-state index in [4.69, 9.17) is 0 Å². The molecule has 2 heteroatoms. The minimum Gasteiger partial charge on any atom is -0.326 e. The van der Waals surface area contributed by atoms with Crippen LogP contribution in [0.25, 0.3) is 0 Å². The van der Waals surface area contributed by atoms with Crippen LogP contribution in [0.2, 0.25) is 0 Å². The van der Waals surface area contributed by atoms with E-state index in [2.05, 4.69) is 30.4 Å². The predicted molar refractivity (Wildman–Crippen MR) is 64.1 cm³/mol. The number of benzene rings is 1. The number of anilines is 1. The maximum absolute atomic E-state index is 11.2. The second-order valence-electron chi connectivity index (χ2n) is 4.14. The van der Waals surface area contributed by atoms with E-state index in [-0.39, 0.29) is 7.33 Å². The number of aryl methyl sites for hydroxylation is 2. The Morgan fingerprint density at radius 2 is 2.27 bits per heavy atom. The first kappa shape index (κ1) is 10.2. The Morgan fingerprint density at radius 1 is 1.40 bits per heavy atom. The Balaban J connectivity index is 0.00000128. The highest BCUT2D eigenvalue weighted by atomic mass is 16.1. The number of nitrogens with one attached hydrogen (secondary N) is 1. The minimum atomic E-state index is 0. The lowest BCUT2D eigenvalue weighted by molar-refractivity contribution is -0.116. The Hall–Kier alpha value is -1.31. The molecule has 1 heterocycles. The summed E-state index contributed by atoms with van der Waals surface area (Å²) in [4.78, 5) is 11.2. The molecule has 2 rings (SSSR count). The van der Waals surface area contributed by atoms with Crippen LogP contribution in [0.1, 0.15) is 38.7 Å². The summed E-state index contributed by atoms with van der Waals surface area (Å²) in [6.45, 7) is 2.19. The van der Waals surface area contributed by atoms with Gasteiger partial charge in [-0.2, -0.15) is 0 Å². The Bertz CT molecular complexity index is 376. The zero-order valence-electron chi connectivity index (χ0n) is 9.18. The maximum Gasteiger partial charge on any atom is 0.224 e. The molecule has 0 saturated heterocycles. The number of hydrogen-bond acceptors (Lipinski definition) is 1. The molecular formula is C13H19NO. The zero-order valence-corrected chi connectivity index (χ0v) is 9.18. The van der Waals surface area contributed by atoms with Crippen molar-refractivity contribution in [1.29, 1.82) is 0 Å². The van der Waals surface area contributed by atoms with E-state index in [1.54, 1.807) is 0 Å². The van der Waals surface area contributed by atoms with Crippen molar-refractivity contribution in [3.05, 3.63) is 29.3 Å². The molecule has 82 valence electrons. The van der Waals surface area contributed by atoms with Gasteiger partial charge in [0.15, 0.2) is 0 Å². The molecular weight excluding hydrogens is 186 g/mol. The first-order valence-electron chi connectivity index (χ1n) is 5.71. The van der Waals surface area contributed by atoms with Crippen molar-refractivity contribution in [2.45, 2.75) is 39.0 Å². The summed E-state index contributed by atoms with van der Waals surface area (Å²) in [5, 5.41) is 2.94. The van der Waals surface area contributed by atoms with Gasteiger partial charge in [-0.25, -0.2) is 0 Å². The summed E-state index contributed by atoms with van der Waals surface area (Å²) < 4.78 is 0. The van der Waals surface area contributed by atoms with Crippen molar-refractivity contribution in [3.63, 3.8) is 0 Å². The normalized spacial score (nSPS) is 14.6. The molecule has 0 aromatic heterocycles. The van der Waals surface area contributed by atoms with E-state index in [0.717, 1.165) is 18.5 Å². The van der Waals surface area contributed by atoms with Crippen LogP contribution in [-0.4, -0.2) is 5.91 Å². The number of carbonyl (C=O) groups excluding carboxylic acids is 1. The molecule has 1 aromatic carbocycles. The number of fused-ring (bicyclic) bond motifs is 1. The third kappa shape index (κ3) is 2.38. The van der Waals surface area contributed by atoms with Gasteiger partial charge in [0, 0.05) is 13.5 Å². The molecule has 0 spiro atoms. The molecule has 2 nitrogen and oxygen atoms in total. The van der Waals surface area contributed by atoms with E-state index < -0.39 is 0 Å². The molecule has 0 bridgehead atoms. The summed E-state index contributed by atoms with van der Waals surface area (Å²) in [6, 6.07) is 6.47. The molecule has 0 atom stereocenters. The average Bonchev–Trinajstić information content (AvgIpc) is 2.25. The molecule has 1 N–H and O–H groups in total. The highest BCUT2D eigenvalue weighted by Crippen LogP contribution is 2.24. The van der Waals surface area contributed by atoms with Crippen molar-refractivity contribution < 1.29 is 6.22 Å². The lowest BCUT2D eigenvalue weighted by atomic mass is 9.99. The fourth-order valence-electron chi connectivity index (χ4n) is 1.96. The van der Waals surface area contributed by atoms with Crippen LogP contribution < -0.4 is 5.32 Å². The van der Waals surface area contributed by atoms with Crippen molar-refractivity contribution >= 4 is 11.6 Å². The lowest BCUT2D eigenvalue weighted by Crippen LogP contribution is -2.18. The number of amides is 1. The minimum absolute atomic E-state index is 0. The van der Waals surface area contributed by atoms with E-state index in [1.165, 1.54) is 24.0 Å². The van der Waals surface area contributed by atoms with Crippen molar-refractivity contribution in [2.75, 3.05) is 5.32 Å². The van der Waals surface area contributed by atoms with Gasteiger partial charge in [0.1, 0.15) is 0 Å². The van der Waals surface area contributed by atoms with Gasteiger partial charge in [-0.15, -0.1) is 0 Å². The predicted octanol–water partition coefficient (Wildman–Crippen LogP) is 3.16. The van der Waals surface area contributed by atoms with Crippen molar-refractivity contribution in [2.24, 2.45) is 0 Å². The first-order valence-corrected chi connectivity index (χ1v) is 5.71. The molecule has 1 aliphatic heterocycles. The molecule has 0 radical (unpaired) electrons. The molecule has 0 fully saturated rings. The standard InChI is InChI=1S/C13H17NO.H2/c1-2-3-4-10-5-6-11-7-8-13(15)14-12(11)9-10;/h5-6,9H,2-4,7-8H2,1H3,(H,14,15);1H. The van der Waals surface area contributed by atoms with Gasteiger partial charge in [0.2, 0.25) is 5.91 Å². The summed E-state index contributed by atoms with van der Waals surface area (Å²) >= 11 is 0. The van der Waals surface area contributed by atoms with Gasteiger partial charge in [-0.1, -0.05) is 25.5 Å². The molecule has 15 heavy (non-hydrogen) atoms. The van der Waals surface area contributed by atoms with Crippen LogP contribution in [0.4, 0.5) is 5.69 Å². The van der Waals surface area contributed by atoms with Crippen LogP contribution in [0.3, 0.4) is 0 Å². The van der Waals surface area contributed by atoms with Gasteiger partial charge >= 0.3 is 0 Å². The van der Waals surface area contributed by atoms with E-state index in [9.17, 15) is 4.79 Å². The van der Waals surface area contributed by atoms with Crippen LogP contribution in [0, 0.1) is 0 Å². The average molecular weight is 205 g/mol. The summed E-state index contributed by atoms with van der Waals surface area (Å²) in [7, 11) is 0. The van der Waals surface area contributed by atoms with Crippen LogP contribution in [-0.2, 0) is 17.6 Å². The molecule has 0 saturated carbocycles. The summed E-state index contributed by atoms with van der Waals surface area (Å²) in [5.41, 5.74) is 3.63. The maximum atomic E-state index is 11.2. The van der Waals surface area contributed by atoms with E-state index in [0.29, 0.717) is 6.42 Å². The molecule has 1 aromatic rings. The van der Waals surface area contributed by atoms with Crippen molar-refractivity contribution in [1.82, 2.24) is 0 Å². The number of unbranched alkanes of at least 4 members (excludes halogenated alkanes) is 1. The highest BCUT2D eigenvalue weighted by molar-refractivity contribution is 5.93. The fourth-order valence-corrected chi connectivity index (χ4v) is 1.96. The number of rotatable bonds is 3. The second-order valence-corrected chi connectivity index (χ2v) is 4.14. The van der Waals surface area contributed by atoms with Gasteiger partial charge in [-0.05, 0) is 36.5 Å². The topological polar surface area (TPSA) is 29.1 Å². The molecule has 1 amide bonds. The third-order valence-electron chi connectivity index (χ3n) is 2.89. The number of hydrogen-bond donors (Lipinski definition) is 1. The van der Waals surface area contributed by atoms with Crippen LogP contribution in [0.15, 0.2) is 18.2 Å². The molecule has 0 aliphatic carbocycles. The van der Waals surface area contributed by atoms with Crippen molar-refractivity contribution in [3.8, 4) is 0 Å². The second kappa shape index (κ2) is 4.47. The summed E-state index contributed by atoms with van der Waals surface area (Å²) in [5.74, 6) is 0.148. The van der Waals surface area contributed by atoms with Gasteiger partial charge in [0.05, 0.1) is 0 Å². The molecule has 0 unspecified atom stereocenters. The van der Waals surface area contributed by atoms with Crippen LogP contribution in [0.5, 0.6) is 0 Å². The van der Waals surface area contributed by atoms with E-state index in [1.807, 2.05) is 0 Å². The van der Waals surface area contributed by atoms with E-state index >= 15 is 0 Å². The SMILES string of the molecule is CCCCc1ccc2c(c1)NC(=O)CC2.[HH]. The Morgan fingerprint density at radius 3 is 3.07 bits per heavy atom. The largest absolute Gasteiger partial charge is 0.326 e. The monoisotopic (exact) mass is 205 g/mol. The Labute approximate surface area is 92.2 Å². The summed E-state index contributed by atoms with van der Waals surface area (Å²) in [6.07, 6.45) is 5.05. The molecule has 1 aliphatic rings. The third-order valence-corrected chi connectivity index (χ3v) is 2.89. The highest BCUT2D eigenvalue weighted by Gasteiger charge is 2.14. The zero-order chi connectivity index (χ0) is 10.7. The smallest absolute Gasteiger partial charge is 0.224 e. The van der Waals surface area contributed by atoms with Gasteiger partial charge in [0.25, 0.3) is 0 Å². The quantitative estimate of drug-likeness (QED) is 0.807. The lowest BCUT2D eigenvalue weighted by Gasteiger charge is -2.17. The fraction of sp³-hybridized carbons (Fsp3) is 0.462. The van der Waals surface area contributed by atoms with Gasteiger partial charge in [-0.3, -0.25) is 4.79 Å².